The topological polar surface area (TPSA) is 85.8 Å². The Morgan fingerprint density at radius 1 is 1.12 bits per heavy atom. The van der Waals surface area contributed by atoms with Crippen LogP contribution in [-0.4, -0.2) is 43.4 Å². The molecule has 0 N–H and O–H groups in total. The highest BCUT2D eigenvalue weighted by Gasteiger charge is 2.33. The molecule has 0 aliphatic carbocycles. The smallest absolute Gasteiger partial charge is 0.309 e. The third kappa shape index (κ3) is 4.99. The highest BCUT2D eigenvalue weighted by atomic mass is 32.2. The number of carbonyl (C=O) groups is 1. The number of halogens is 1. The molecule has 1 aliphatic heterocycles. The van der Waals surface area contributed by atoms with Crippen molar-refractivity contribution >= 4 is 26.9 Å². The van der Waals surface area contributed by atoms with Crippen molar-refractivity contribution in [2.75, 3.05) is 19.7 Å². The number of hydrogen-bond donors (Lipinski definition) is 0. The Bertz CT molecular complexity index is 1240. The van der Waals surface area contributed by atoms with Gasteiger partial charge in [-0.25, -0.2) is 12.8 Å². The molecule has 9 heteroatoms. The van der Waals surface area contributed by atoms with E-state index in [1.54, 1.807) is 36.5 Å². The van der Waals surface area contributed by atoms with Crippen LogP contribution in [0.15, 0.2) is 59.6 Å². The molecule has 0 radical (unpaired) electrons. The highest BCUT2D eigenvalue weighted by Crippen LogP contribution is 2.27. The summed E-state index contributed by atoms with van der Waals surface area (Å²) in [7, 11) is -3.64. The minimum absolute atomic E-state index is 0.0165. The first-order valence-corrected chi connectivity index (χ1v) is 12.3. The molecule has 2 aromatic carbocycles. The Morgan fingerprint density at radius 2 is 1.85 bits per heavy atom. The van der Waals surface area contributed by atoms with Crippen LogP contribution in [0.5, 0.6) is 5.75 Å². The Kier molecular flexibility index (Phi) is 6.90. The van der Waals surface area contributed by atoms with E-state index in [0.717, 1.165) is 0 Å². The van der Waals surface area contributed by atoms with Crippen molar-refractivity contribution in [3.63, 3.8) is 0 Å². The van der Waals surface area contributed by atoms with Crippen molar-refractivity contribution in [2.24, 2.45) is 5.92 Å². The molecular formula is C24H25FN2O5S. The minimum Gasteiger partial charge on any atom is -0.494 e. The van der Waals surface area contributed by atoms with Gasteiger partial charge in [-0.15, -0.1) is 0 Å². The molecule has 0 spiro atoms. The van der Waals surface area contributed by atoms with Gasteiger partial charge in [0.25, 0.3) is 0 Å². The molecule has 174 valence electrons. The molecule has 1 aromatic heterocycles. The quantitative estimate of drug-likeness (QED) is 0.485. The fourth-order valence-electron chi connectivity index (χ4n) is 3.94. The summed E-state index contributed by atoms with van der Waals surface area (Å²) in [5.74, 6) is -0.547. The molecule has 1 saturated heterocycles. The third-order valence-corrected chi connectivity index (χ3v) is 7.64. The van der Waals surface area contributed by atoms with E-state index in [0.29, 0.717) is 41.7 Å². The van der Waals surface area contributed by atoms with Crippen LogP contribution in [0.3, 0.4) is 0 Å². The van der Waals surface area contributed by atoms with Gasteiger partial charge in [0.05, 0.1) is 22.9 Å². The lowest BCUT2D eigenvalue weighted by Crippen LogP contribution is -2.40. The number of hydrogen-bond acceptors (Lipinski definition) is 6. The number of rotatable bonds is 7. The Balaban J connectivity index is 1.35. The summed E-state index contributed by atoms with van der Waals surface area (Å²) in [6, 6.07) is 12.5. The number of carbonyl (C=O) groups excluding carboxylic acids is 1. The van der Waals surface area contributed by atoms with Crippen LogP contribution >= 0.6 is 0 Å². The van der Waals surface area contributed by atoms with Crippen LogP contribution in [0, 0.1) is 11.7 Å². The first-order chi connectivity index (χ1) is 15.9. The minimum atomic E-state index is -3.64. The lowest BCUT2D eigenvalue weighted by Gasteiger charge is -2.30. The largest absolute Gasteiger partial charge is 0.494 e. The molecule has 1 fully saturated rings. The second-order valence-corrected chi connectivity index (χ2v) is 9.73. The Labute approximate surface area is 192 Å². The van der Waals surface area contributed by atoms with Crippen molar-refractivity contribution in [1.29, 1.82) is 0 Å². The van der Waals surface area contributed by atoms with Gasteiger partial charge in [0, 0.05) is 30.2 Å². The fraction of sp³-hybridized carbons (Fsp3) is 0.333. The maximum absolute atomic E-state index is 14.0. The van der Waals surface area contributed by atoms with Crippen LogP contribution in [0.25, 0.3) is 10.9 Å². The monoisotopic (exact) mass is 472 g/mol. The van der Waals surface area contributed by atoms with Gasteiger partial charge in [-0.3, -0.25) is 9.78 Å². The summed E-state index contributed by atoms with van der Waals surface area (Å²) in [6.07, 6.45) is 2.31. The maximum atomic E-state index is 14.0. The number of fused-ring (bicyclic) bond motifs is 1. The molecule has 0 unspecified atom stereocenters. The molecule has 0 saturated carbocycles. The number of pyridine rings is 1. The number of nitrogens with zero attached hydrogens (tertiary/aromatic N) is 2. The van der Waals surface area contributed by atoms with Crippen LogP contribution < -0.4 is 4.74 Å². The molecule has 2 heterocycles. The number of aromatic nitrogens is 1. The zero-order chi connectivity index (χ0) is 23.4. The highest BCUT2D eigenvalue weighted by molar-refractivity contribution is 7.89. The van der Waals surface area contributed by atoms with Gasteiger partial charge in [0.1, 0.15) is 18.2 Å². The van der Waals surface area contributed by atoms with Gasteiger partial charge in [-0.05, 0) is 62.2 Å². The summed E-state index contributed by atoms with van der Waals surface area (Å²) in [4.78, 5) is 17.0. The Hall–Kier alpha value is -3.04. The SMILES string of the molecule is CCOc1ccc(S(=O)(=O)N2CCC(C(=O)OCc3ccc(F)c4cccnc34)CC2)cc1. The van der Waals surface area contributed by atoms with E-state index in [4.69, 9.17) is 9.47 Å². The summed E-state index contributed by atoms with van der Waals surface area (Å²) < 4.78 is 52.0. The molecule has 0 bridgehead atoms. The van der Waals surface area contributed by atoms with Crippen molar-refractivity contribution < 1.29 is 27.1 Å². The van der Waals surface area contributed by atoms with Crippen LogP contribution in [0.1, 0.15) is 25.3 Å². The van der Waals surface area contributed by atoms with E-state index in [-0.39, 0.29) is 36.4 Å². The number of ether oxygens (including phenoxy) is 2. The standard InChI is InChI=1S/C24H25FN2O5S/c1-2-31-19-6-8-20(9-7-19)33(29,30)27-14-11-17(12-15-27)24(28)32-16-18-5-10-22(25)21-4-3-13-26-23(18)21/h3-10,13,17H,2,11-12,14-16H2,1H3. The molecule has 0 atom stereocenters. The van der Waals surface area contributed by atoms with E-state index in [1.807, 2.05) is 6.92 Å². The molecule has 7 nitrogen and oxygen atoms in total. The number of benzene rings is 2. The molecule has 0 amide bonds. The van der Waals surface area contributed by atoms with E-state index in [9.17, 15) is 17.6 Å². The van der Waals surface area contributed by atoms with Crippen molar-refractivity contribution in [1.82, 2.24) is 9.29 Å². The van der Waals surface area contributed by atoms with Crippen LogP contribution in [-0.2, 0) is 26.2 Å². The summed E-state index contributed by atoms with van der Waals surface area (Å²) >= 11 is 0. The van der Waals surface area contributed by atoms with E-state index in [1.165, 1.54) is 22.5 Å². The maximum Gasteiger partial charge on any atom is 0.309 e. The molecule has 1 aliphatic rings. The fourth-order valence-corrected chi connectivity index (χ4v) is 5.40. The number of piperidine rings is 1. The predicted octanol–water partition coefficient (Wildman–Crippen LogP) is 3.92. The zero-order valence-electron chi connectivity index (χ0n) is 18.2. The van der Waals surface area contributed by atoms with E-state index >= 15 is 0 Å². The Morgan fingerprint density at radius 3 is 2.55 bits per heavy atom. The van der Waals surface area contributed by atoms with Gasteiger partial charge in [-0.1, -0.05) is 6.07 Å². The average molecular weight is 473 g/mol. The first kappa shape index (κ1) is 23.1. The van der Waals surface area contributed by atoms with Crippen LogP contribution in [0.4, 0.5) is 4.39 Å². The number of sulfonamides is 1. The second kappa shape index (κ2) is 9.84. The van der Waals surface area contributed by atoms with Crippen molar-refractivity contribution in [3.05, 3.63) is 66.1 Å². The summed E-state index contributed by atoms with van der Waals surface area (Å²) in [5, 5.41) is 0.374. The van der Waals surface area contributed by atoms with Crippen molar-refractivity contribution in [2.45, 2.75) is 31.3 Å². The third-order valence-electron chi connectivity index (χ3n) is 5.73. The summed E-state index contributed by atoms with van der Waals surface area (Å²) in [5.41, 5.74) is 1.08. The normalized spacial score (nSPS) is 15.5. The molecule has 33 heavy (non-hydrogen) atoms. The van der Waals surface area contributed by atoms with Gasteiger partial charge < -0.3 is 9.47 Å². The molecular weight excluding hydrogens is 447 g/mol. The lowest BCUT2D eigenvalue weighted by atomic mass is 9.98. The van der Waals surface area contributed by atoms with E-state index < -0.39 is 15.9 Å². The molecule has 4 rings (SSSR count). The number of esters is 1. The second-order valence-electron chi connectivity index (χ2n) is 7.80. The predicted molar refractivity (Wildman–Crippen MR) is 121 cm³/mol. The van der Waals surface area contributed by atoms with E-state index in [2.05, 4.69) is 4.98 Å². The van der Waals surface area contributed by atoms with Crippen LogP contribution in [0.2, 0.25) is 0 Å². The van der Waals surface area contributed by atoms with Gasteiger partial charge in [0.15, 0.2) is 0 Å². The first-order valence-electron chi connectivity index (χ1n) is 10.8. The molecule has 3 aromatic rings. The van der Waals surface area contributed by atoms with Gasteiger partial charge in [-0.2, -0.15) is 4.31 Å². The lowest BCUT2D eigenvalue weighted by molar-refractivity contribution is -0.151. The zero-order valence-corrected chi connectivity index (χ0v) is 19.1. The summed E-state index contributed by atoms with van der Waals surface area (Å²) in [6.45, 7) is 2.81. The van der Waals surface area contributed by atoms with Crippen molar-refractivity contribution in [3.8, 4) is 5.75 Å². The van der Waals surface area contributed by atoms with Gasteiger partial charge in [0.2, 0.25) is 10.0 Å². The average Bonchev–Trinajstić information content (AvgIpc) is 2.84. The van der Waals surface area contributed by atoms with Gasteiger partial charge >= 0.3 is 5.97 Å².